The van der Waals surface area contributed by atoms with Crippen molar-refractivity contribution in [1.82, 2.24) is 9.80 Å². The van der Waals surface area contributed by atoms with Crippen LogP contribution in [0.15, 0.2) is 60.7 Å². The Hall–Kier alpha value is -2.92. The highest BCUT2D eigenvalue weighted by atomic mass is 35.5. The zero-order chi connectivity index (χ0) is 23.4. The van der Waals surface area contributed by atoms with Gasteiger partial charge >= 0.3 is 0 Å². The Morgan fingerprint density at radius 1 is 1.03 bits per heavy atom. The van der Waals surface area contributed by atoms with Crippen LogP contribution in [-0.4, -0.2) is 41.2 Å². The van der Waals surface area contributed by atoms with Crippen LogP contribution in [-0.2, 0) is 11.3 Å². The third-order valence-electron chi connectivity index (χ3n) is 6.37. The maximum Gasteiger partial charge on any atom is 0.254 e. The molecule has 172 valence electrons. The second-order valence-corrected chi connectivity index (χ2v) is 8.96. The lowest BCUT2D eigenvalue weighted by Gasteiger charge is -2.34. The summed E-state index contributed by atoms with van der Waals surface area (Å²) >= 11 is 6.20. The number of likely N-dealkylation sites (tertiary alicyclic amines) is 1. The molecule has 0 spiro atoms. The zero-order valence-electron chi connectivity index (χ0n) is 18.8. The van der Waals surface area contributed by atoms with Crippen molar-refractivity contribution in [2.75, 3.05) is 19.6 Å². The second-order valence-electron chi connectivity index (χ2n) is 8.55. The van der Waals surface area contributed by atoms with Gasteiger partial charge in [0.2, 0.25) is 5.91 Å². The number of hydrogen-bond donors (Lipinski definition) is 0. The number of piperidine rings is 1. The molecule has 4 nitrogen and oxygen atoms in total. The molecular weight excluding hydrogens is 439 g/mol. The van der Waals surface area contributed by atoms with Crippen molar-refractivity contribution in [3.05, 3.63) is 82.6 Å². The highest BCUT2D eigenvalue weighted by molar-refractivity contribution is 6.31. The van der Waals surface area contributed by atoms with Crippen LogP contribution in [0.25, 0.3) is 10.8 Å². The minimum Gasteiger partial charge on any atom is -0.339 e. The molecule has 1 fully saturated rings. The number of amides is 2. The van der Waals surface area contributed by atoms with Crippen molar-refractivity contribution in [1.29, 1.82) is 0 Å². The fraction of sp³-hybridized carbons (Fsp3) is 0.333. The summed E-state index contributed by atoms with van der Waals surface area (Å²) in [5.41, 5.74) is 1.05. The SMILES string of the molecule is CCCN(Cc1c(F)cccc1Cl)C(=O)C1CCN(C(=O)c2cccc3ccccc23)CC1. The summed E-state index contributed by atoms with van der Waals surface area (Å²) in [5.74, 6) is -0.569. The summed E-state index contributed by atoms with van der Waals surface area (Å²) in [5, 5.41) is 2.31. The first-order chi connectivity index (χ1) is 16.0. The number of fused-ring (bicyclic) bond motifs is 1. The third kappa shape index (κ3) is 5.03. The second kappa shape index (κ2) is 10.3. The predicted octanol–water partition coefficient (Wildman–Crippen LogP) is 5.92. The van der Waals surface area contributed by atoms with Gasteiger partial charge in [-0.25, -0.2) is 4.39 Å². The molecule has 0 radical (unpaired) electrons. The van der Waals surface area contributed by atoms with Gasteiger partial charge < -0.3 is 9.80 Å². The Morgan fingerprint density at radius 2 is 1.73 bits per heavy atom. The Labute approximate surface area is 198 Å². The van der Waals surface area contributed by atoms with Gasteiger partial charge in [-0.3, -0.25) is 9.59 Å². The Morgan fingerprint density at radius 3 is 2.45 bits per heavy atom. The largest absolute Gasteiger partial charge is 0.339 e. The molecule has 1 aliphatic heterocycles. The van der Waals surface area contributed by atoms with E-state index in [4.69, 9.17) is 11.6 Å². The van der Waals surface area contributed by atoms with Gasteiger partial charge in [0.25, 0.3) is 5.91 Å². The molecule has 0 N–H and O–H groups in total. The Bertz CT molecular complexity index is 1130. The van der Waals surface area contributed by atoms with Gasteiger partial charge in [-0.1, -0.05) is 61.0 Å². The van der Waals surface area contributed by atoms with Gasteiger partial charge in [-0.2, -0.15) is 0 Å². The normalized spacial score (nSPS) is 14.5. The highest BCUT2D eigenvalue weighted by Gasteiger charge is 2.31. The average molecular weight is 467 g/mol. The third-order valence-corrected chi connectivity index (χ3v) is 6.72. The molecule has 0 aliphatic carbocycles. The van der Waals surface area contributed by atoms with Crippen LogP contribution in [0.4, 0.5) is 4.39 Å². The minimum absolute atomic E-state index is 0.00116. The van der Waals surface area contributed by atoms with E-state index in [1.54, 1.807) is 17.0 Å². The molecule has 3 aromatic rings. The van der Waals surface area contributed by atoms with Crippen LogP contribution in [0.2, 0.25) is 5.02 Å². The maximum absolute atomic E-state index is 14.3. The number of hydrogen-bond acceptors (Lipinski definition) is 2. The van der Waals surface area contributed by atoms with E-state index in [1.165, 1.54) is 6.07 Å². The standard InChI is InChI=1S/C27H28ClFN2O2/c1-2-15-31(18-23-24(28)11-6-12-25(23)29)26(32)20-13-16-30(17-14-20)27(33)22-10-5-8-19-7-3-4-9-21(19)22/h3-12,20H,2,13-18H2,1H3. The van der Waals surface area contributed by atoms with Crippen molar-refractivity contribution in [3.8, 4) is 0 Å². The first kappa shape index (κ1) is 23.2. The van der Waals surface area contributed by atoms with Crippen molar-refractivity contribution in [2.45, 2.75) is 32.7 Å². The lowest BCUT2D eigenvalue weighted by molar-refractivity contribution is -0.137. The average Bonchev–Trinajstić information content (AvgIpc) is 2.84. The minimum atomic E-state index is -0.396. The van der Waals surface area contributed by atoms with Crippen LogP contribution in [0, 0.1) is 11.7 Å². The fourth-order valence-corrected chi connectivity index (χ4v) is 4.80. The van der Waals surface area contributed by atoms with Crippen LogP contribution >= 0.6 is 11.6 Å². The van der Waals surface area contributed by atoms with Gasteiger partial charge in [0, 0.05) is 48.2 Å². The van der Waals surface area contributed by atoms with Crippen molar-refractivity contribution in [2.24, 2.45) is 5.92 Å². The van der Waals surface area contributed by atoms with E-state index in [0.717, 1.165) is 17.2 Å². The van der Waals surface area contributed by atoms with Crippen LogP contribution in [0.3, 0.4) is 0 Å². The molecule has 0 saturated carbocycles. The molecule has 0 atom stereocenters. The summed E-state index contributed by atoms with van der Waals surface area (Å²) in [7, 11) is 0. The summed E-state index contributed by atoms with van der Waals surface area (Å²) in [4.78, 5) is 30.1. The van der Waals surface area contributed by atoms with Gasteiger partial charge in [0.15, 0.2) is 0 Å². The van der Waals surface area contributed by atoms with Crippen LogP contribution in [0.5, 0.6) is 0 Å². The molecule has 33 heavy (non-hydrogen) atoms. The molecule has 0 aromatic heterocycles. The molecule has 4 rings (SSSR count). The lowest BCUT2D eigenvalue weighted by Crippen LogP contribution is -2.44. The molecule has 0 unspecified atom stereocenters. The molecule has 1 saturated heterocycles. The van der Waals surface area contributed by atoms with Gasteiger partial charge in [-0.15, -0.1) is 0 Å². The van der Waals surface area contributed by atoms with Crippen LogP contribution < -0.4 is 0 Å². The van der Waals surface area contributed by atoms with E-state index in [9.17, 15) is 14.0 Å². The molecule has 0 bridgehead atoms. The summed E-state index contributed by atoms with van der Waals surface area (Å²) < 4.78 is 14.3. The molecular formula is C27H28ClFN2O2. The summed E-state index contributed by atoms with van der Waals surface area (Å²) in [6.45, 7) is 3.75. The van der Waals surface area contributed by atoms with E-state index in [-0.39, 0.29) is 24.3 Å². The molecule has 2 amide bonds. The number of benzene rings is 3. The van der Waals surface area contributed by atoms with Crippen LogP contribution in [0.1, 0.15) is 42.1 Å². The van der Waals surface area contributed by atoms with E-state index in [0.29, 0.717) is 48.6 Å². The smallest absolute Gasteiger partial charge is 0.254 e. The van der Waals surface area contributed by atoms with Crippen molar-refractivity contribution in [3.63, 3.8) is 0 Å². The number of rotatable bonds is 6. The summed E-state index contributed by atoms with van der Waals surface area (Å²) in [6.07, 6.45) is 1.97. The van der Waals surface area contributed by atoms with Crippen molar-refractivity contribution >= 4 is 34.2 Å². The van der Waals surface area contributed by atoms with Gasteiger partial charge in [0.05, 0.1) is 0 Å². The quantitative estimate of drug-likeness (QED) is 0.452. The predicted molar refractivity (Wildman–Crippen MR) is 130 cm³/mol. The first-order valence-electron chi connectivity index (χ1n) is 11.5. The van der Waals surface area contributed by atoms with Gasteiger partial charge in [0.1, 0.15) is 5.82 Å². The van der Waals surface area contributed by atoms with Gasteiger partial charge in [-0.05, 0) is 48.2 Å². The number of nitrogens with zero attached hydrogens (tertiary/aromatic N) is 2. The molecule has 6 heteroatoms. The molecule has 3 aromatic carbocycles. The van der Waals surface area contributed by atoms with E-state index >= 15 is 0 Å². The Kier molecular flexibility index (Phi) is 7.29. The maximum atomic E-state index is 14.3. The molecule has 1 aliphatic rings. The fourth-order valence-electron chi connectivity index (χ4n) is 4.58. The zero-order valence-corrected chi connectivity index (χ0v) is 19.5. The monoisotopic (exact) mass is 466 g/mol. The van der Waals surface area contributed by atoms with E-state index in [2.05, 4.69) is 0 Å². The van der Waals surface area contributed by atoms with E-state index < -0.39 is 5.82 Å². The number of carbonyl (C=O) groups excluding carboxylic acids is 2. The highest BCUT2D eigenvalue weighted by Crippen LogP contribution is 2.27. The van der Waals surface area contributed by atoms with Crippen molar-refractivity contribution < 1.29 is 14.0 Å². The topological polar surface area (TPSA) is 40.6 Å². The number of halogens is 2. The Balaban J connectivity index is 1.43. The number of carbonyl (C=O) groups is 2. The first-order valence-corrected chi connectivity index (χ1v) is 11.9. The summed E-state index contributed by atoms with van der Waals surface area (Å²) in [6, 6.07) is 18.2. The molecule has 1 heterocycles. The lowest BCUT2D eigenvalue weighted by atomic mass is 9.94. The van der Waals surface area contributed by atoms with E-state index in [1.807, 2.05) is 54.3 Å².